The molecule has 0 fully saturated rings. The molecule has 3 heterocycles. The summed E-state index contributed by atoms with van der Waals surface area (Å²) in [5.74, 6) is 0. The smallest absolute Gasteiger partial charge is 0.191 e. The van der Waals surface area contributed by atoms with E-state index in [-0.39, 0.29) is 6.04 Å². The number of nitrogens with zero attached hydrogens (tertiary/aromatic N) is 3. The molecule has 0 radical (unpaired) electrons. The summed E-state index contributed by atoms with van der Waals surface area (Å²) >= 11 is 3.46. The van der Waals surface area contributed by atoms with Gasteiger partial charge in [-0.2, -0.15) is 0 Å². The molecule has 0 saturated heterocycles. The monoisotopic (exact) mass is 347 g/mol. The van der Waals surface area contributed by atoms with Crippen molar-refractivity contribution < 1.29 is 0 Å². The van der Waals surface area contributed by atoms with Crippen LogP contribution in [0.15, 0.2) is 73.0 Å². The molecule has 0 amide bonds. The zero-order valence-electron chi connectivity index (χ0n) is 12.7. The van der Waals surface area contributed by atoms with Crippen molar-refractivity contribution in [1.82, 2.24) is 9.97 Å². The zero-order chi connectivity index (χ0) is 15.9. The summed E-state index contributed by atoms with van der Waals surface area (Å²) in [4.78, 5) is 11.8. The van der Waals surface area contributed by atoms with E-state index >= 15 is 0 Å². The van der Waals surface area contributed by atoms with Gasteiger partial charge in [-0.25, -0.2) is 9.97 Å². The van der Waals surface area contributed by atoms with Crippen LogP contribution in [0.2, 0.25) is 0 Å². The Kier molecular flexibility index (Phi) is 3.21. The quantitative estimate of drug-likeness (QED) is 0.477. The lowest BCUT2D eigenvalue weighted by molar-refractivity contribution is 0.824. The van der Waals surface area contributed by atoms with Crippen molar-refractivity contribution in [3.05, 3.63) is 78.0 Å². The van der Waals surface area contributed by atoms with Crippen molar-refractivity contribution in [2.24, 2.45) is 0 Å². The molecular weight excluding hydrogens is 334 g/mol. The van der Waals surface area contributed by atoms with Crippen LogP contribution in [0, 0.1) is 0 Å². The summed E-state index contributed by atoms with van der Waals surface area (Å²) in [6.07, 6.45) is 8.41. The SMILES string of the molecule is C1=CC(c2nc3ccccc3s2)N(c2nc3ccccc3s2)C=C1. The Morgan fingerprint density at radius 1 is 0.792 bits per heavy atom. The van der Waals surface area contributed by atoms with Crippen LogP contribution in [-0.4, -0.2) is 9.97 Å². The van der Waals surface area contributed by atoms with Crippen molar-refractivity contribution in [1.29, 1.82) is 0 Å². The van der Waals surface area contributed by atoms with Crippen molar-refractivity contribution in [3.63, 3.8) is 0 Å². The highest BCUT2D eigenvalue weighted by molar-refractivity contribution is 7.22. The van der Waals surface area contributed by atoms with Crippen LogP contribution in [0.3, 0.4) is 0 Å². The highest BCUT2D eigenvalue weighted by Gasteiger charge is 2.24. The second-order valence-electron chi connectivity index (χ2n) is 5.56. The molecule has 1 aliphatic rings. The molecule has 1 atom stereocenters. The van der Waals surface area contributed by atoms with Crippen molar-refractivity contribution in [3.8, 4) is 0 Å². The lowest BCUT2D eigenvalue weighted by atomic mass is 10.2. The molecule has 0 spiro atoms. The van der Waals surface area contributed by atoms with E-state index in [1.165, 1.54) is 9.40 Å². The van der Waals surface area contributed by atoms with Crippen LogP contribution < -0.4 is 4.90 Å². The lowest BCUT2D eigenvalue weighted by Crippen LogP contribution is -2.22. The number of rotatable bonds is 2. The van der Waals surface area contributed by atoms with Gasteiger partial charge in [0.05, 0.1) is 20.4 Å². The highest BCUT2D eigenvalue weighted by Crippen LogP contribution is 2.38. The predicted molar refractivity (Wildman–Crippen MR) is 103 cm³/mol. The molecule has 0 N–H and O–H groups in total. The largest absolute Gasteiger partial charge is 0.311 e. The lowest BCUT2D eigenvalue weighted by Gasteiger charge is -2.26. The minimum atomic E-state index is 0.0907. The van der Waals surface area contributed by atoms with Crippen LogP contribution >= 0.6 is 22.7 Å². The number of para-hydroxylation sites is 2. The fourth-order valence-electron chi connectivity index (χ4n) is 2.87. The minimum Gasteiger partial charge on any atom is -0.311 e. The summed E-state index contributed by atoms with van der Waals surface area (Å²) in [5, 5.41) is 2.09. The summed E-state index contributed by atoms with van der Waals surface area (Å²) in [5.41, 5.74) is 2.10. The minimum absolute atomic E-state index is 0.0907. The molecule has 1 unspecified atom stereocenters. The molecular formula is C19H13N3S2. The Hall–Kier alpha value is -2.50. The molecule has 0 saturated carbocycles. The Bertz CT molecular complexity index is 936. The number of anilines is 1. The molecule has 4 aromatic rings. The van der Waals surface area contributed by atoms with Gasteiger partial charge >= 0.3 is 0 Å². The zero-order valence-corrected chi connectivity index (χ0v) is 14.3. The van der Waals surface area contributed by atoms with Gasteiger partial charge in [0.1, 0.15) is 11.0 Å². The second-order valence-corrected chi connectivity index (χ2v) is 7.63. The molecule has 0 aliphatic carbocycles. The van der Waals surface area contributed by atoms with Gasteiger partial charge < -0.3 is 4.90 Å². The average Bonchev–Trinajstić information content (AvgIpc) is 3.25. The second kappa shape index (κ2) is 5.54. The summed E-state index contributed by atoms with van der Waals surface area (Å²) in [6.45, 7) is 0. The molecule has 5 heteroatoms. The van der Waals surface area contributed by atoms with Crippen LogP contribution in [0.25, 0.3) is 20.4 Å². The summed E-state index contributed by atoms with van der Waals surface area (Å²) in [7, 11) is 0. The van der Waals surface area contributed by atoms with Crippen molar-refractivity contribution >= 4 is 48.2 Å². The van der Waals surface area contributed by atoms with E-state index in [0.717, 1.165) is 21.2 Å². The maximum atomic E-state index is 4.83. The molecule has 1 aliphatic heterocycles. The van der Waals surface area contributed by atoms with E-state index in [0.29, 0.717) is 0 Å². The predicted octanol–water partition coefficient (Wildman–Crippen LogP) is 5.54. The van der Waals surface area contributed by atoms with Gasteiger partial charge in [0.15, 0.2) is 5.13 Å². The number of allylic oxidation sites excluding steroid dienone is 2. The number of hydrogen-bond donors (Lipinski definition) is 0. The van der Waals surface area contributed by atoms with Crippen LogP contribution in [0.5, 0.6) is 0 Å². The first-order valence-corrected chi connectivity index (χ1v) is 9.36. The van der Waals surface area contributed by atoms with Crippen LogP contribution in [-0.2, 0) is 0 Å². The van der Waals surface area contributed by atoms with E-state index in [9.17, 15) is 0 Å². The molecule has 0 bridgehead atoms. The number of thiazole rings is 2. The Balaban J connectivity index is 1.60. The molecule has 5 rings (SSSR count). The Morgan fingerprint density at radius 2 is 1.50 bits per heavy atom. The Morgan fingerprint density at radius 3 is 2.25 bits per heavy atom. The van der Waals surface area contributed by atoms with Gasteiger partial charge in [-0.15, -0.1) is 11.3 Å². The van der Waals surface area contributed by atoms with E-state index in [1.54, 1.807) is 22.7 Å². The fraction of sp³-hybridized carbons (Fsp3) is 0.0526. The molecule has 116 valence electrons. The van der Waals surface area contributed by atoms with E-state index in [4.69, 9.17) is 9.97 Å². The van der Waals surface area contributed by atoms with E-state index < -0.39 is 0 Å². The third kappa shape index (κ3) is 2.25. The topological polar surface area (TPSA) is 29.0 Å². The number of hydrogen-bond acceptors (Lipinski definition) is 5. The molecule has 24 heavy (non-hydrogen) atoms. The average molecular weight is 347 g/mol. The van der Waals surface area contributed by atoms with Crippen LogP contribution in [0.4, 0.5) is 5.13 Å². The fourth-order valence-corrected chi connectivity index (χ4v) is 4.90. The van der Waals surface area contributed by atoms with Gasteiger partial charge in [0.25, 0.3) is 0 Å². The van der Waals surface area contributed by atoms with Crippen molar-refractivity contribution in [2.45, 2.75) is 6.04 Å². The van der Waals surface area contributed by atoms with Crippen molar-refractivity contribution in [2.75, 3.05) is 4.90 Å². The van der Waals surface area contributed by atoms with Gasteiger partial charge in [-0.05, 0) is 30.3 Å². The first-order valence-electron chi connectivity index (χ1n) is 7.73. The highest BCUT2D eigenvalue weighted by atomic mass is 32.1. The van der Waals surface area contributed by atoms with E-state index in [2.05, 4.69) is 65.7 Å². The van der Waals surface area contributed by atoms with Gasteiger partial charge in [-0.3, -0.25) is 0 Å². The molecule has 2 aromatic heterocycles. The first-order chi connectivity index (χ1) is 11.9. The maximum absolute atomic E-state index is 4.83. The van der Waals surface area contributed by atoms with Gasteiger partial charge in [0, 0.05) is 6.20 Å². The first kappa shape index (κ1) is 13.9. The van der Waals surface area contributed by atoms with Crippen LogP contribution in [0.1, 0.15) is 11.0 Å². The third-order valence-corrected chi connectivity index (χ3v) is 6.17. The van der Waals surface area contributed by atoms with Gasteiger partial charge in [0.2, 0.25) is 0 Å². The standard InChI is InChI=1S/C19H13N3S2/c1-3-10-16-13(7-1)20-18(23-16)15-9-5-6-12-22(15)19-21-14-8-2-4-11-17(14)24-19/h1-12,15H. The molecule has 3 nitrogen and oxygen atoms in total. The maximum Gasteiger partial charge on any atom is 0.191 e. The summed E-state index contributed by atoms with van der Waals surface area (Å²) in [6, 6.07) is 16.6. The Labute approximate surface area is 147 Å². The normalized spacial score (nSPS) is 17.2. The van der Waals surface area contributed by atoms with E-state index in [1.807, 2.05) is 12.1 Å². The van der Waals surface area contributed by atoms with Gasteiger partial charge in [-0.1, -0.05) is 47.8 Å². The third-order valence-electron chi connectivity index (χ3n) is 4.02. The summed E-state index contributed by atoms with van der Waals surface area (Å²) < 4.78 is 2.43. The molecule has 2 aromatic carbocycles. The number of aromatic nitrogens is 2. The number of fused-ring (bicyclic) bond motifs is 2. The number of benzene rings is 2.